The number of halogens is 1. The molecule has 1 heterocycles. The topological polar surface area (TPSA) is 62.4 Å². The summed E-state index contributed by atoms with van der Waals surface area (Å²) in [5.41, 5.74) is 6.31. The van der Waals surface area contributed by atoms with E-state index in [0.717, 1.165) is 31.6 Å². The molecule has 0 radical (unpaired) electrons. The molecule has 4 nitrogen and oxygen atoms in total. The van der Waals surface area contributed by atoms with E-state index in [1.54, 1.807) is 12.1 Å². The first kappa shape index (κ1) is 13.1. The Labute approximate surface area is 101 Å². The molecule has 0 aliphatic rings. The zero-order valence-electron chi connectivity index (χ0n) is 9.49. The Kier molecular flexibility index (Phi) is 5.35. The molecule has 0 bridgehead atoms. The molecule has 0 fully saturated rings. The van der Waals surface area contributed by atoms with Crippen LogP contribution in [0.25, 0.3) is 0 Å². The van der Waals surface area contributed by atoms with Crippen molar-refractivity contribution < 1.29 is 5.11 Å². The first-order valence-corrected chi connectivity index (χ1v) is 5.76. The first-order valence-electron chi connectivity index (χ1n) is 5.38. The van der Waals surface area contributed by atoms with Crippen molar-refractivity contribution in [3.63, 3.8) is 0 Å². The van der Waals surface area contributed by atoms with E-state index in [0.29, 0.717) is 10.8 Å². The number of anilines is 2. The van der Waals surface area contributed by atoms with Gasteiger partial charge in [-0.05, 0) is 25.3 Å². The van der Waals surface area contributed by atoms with Crippen molar-refractivity contribution in [3.05, 3.63) is 17.3 Å². The fourth-order valence-corrected chi connectivity index (χ4v) is 1.66. The molecular weight excluding hydrogens is 226 g/mol. The highest BCUT2D eigenvalue weighted by molar-refractivity contribution is 6.29. The number of hydrogen-bond acceptors (Lipinski definition) is 4. The van der Waals surface area contributed by atoms with Crippen LogP contribution in [-0.2, 0) is 0 Å². The molecule has 3 N–H and O–H groups in total. The van der Waals surface area contributed by atoms with E-state index in [1.807, 2.05) is 11.9 Å². The van der Waals surface area contributed by atoms with E-state index in [2.05, 4.69) is 4.98 Å². The van der Waals surface area contributed by atoms with Crippen LogP contribution in [0, 0.1) is 0 Å². The van der Waals surface area contributed by atoms with Gasteiger partial charge in [0.15, 0.2) is 0 Å². The van der Waals surface area contributed by atoms with Crippen LogP contribution < -0.4 is 10.6 Å². The molecule has 0 amide bonds. The minimum absolute atomic E-state index is 0.256. The summed E-state index contributed by atoms with van der Waals surface area (Å²) in [6.45, 7) is 1.14. The number of nitrogens with zero attached hydrogens (tertiary/aromatic N) is 2. The van der Waals surface area contributed by atoms with Gasteiger partial charge in [0.1, 0.15) is 11.0 Å². The number of rotatable bonds is 6. The second-order valence-electron chi connectivity index (χ2n) is 3.79. The van der Waals surface area contributed by atoms with Crippen molar-refractivity contribution in [3.8, 4) is 0 Å². The lowest BCUT2D eigenvalue weighted by molar-refractivity contribution is 0.283. The van der Waals surface area contributed by atoms with E-state index < -0.39 is 0 Å². The van der Waals surface area contributed by atoms with Gasteiger partial charge >= 0.3 is 0 Å². The van der Waals surface area contributed by atoms with Gasteiger partial charge in [-0.25, -0.2) is 4.98 Å². The molecule has 1 aromatic rings. The average Bonchev–Trinajstić information content (AvgIpc) is 2.22. The number of aromatic nitrogens is 1. The Morgan fingerprint density at radius 3 is 2.75 bits per heavy atom. The van der Waals surface area contributed by atoms with Crippen LogP contribution >= 0.6 is 11.6 Å². The predicted octanol–water partition coefficient (Wildman–Crippen LogP) is 1.92. The van der Waals surface area contributed by atoms with Crippen LogP contribution in [0.3, 0.4) is 0 Å². The summed E-state index contributed by atoms with van der Waals surface area (Å²) < 4.78 is 0. The summed E-state index contributed by atoms with van der Waals surface area (Å²) in [5.74, 6) is 0.786. The Hall–Kier alpha value is -1.00. The molecule has 0 unspecified atom stereocenters. The van der Waals surface area contributed by atoms with Gasteiger partial charge in [0.2, 0.25) is 0 Å². The third-order valence-electron chi connectivity index (χ3n) is 2.35. The van der Waals surface area contributed by atoms with Gasteiger partial charge in [0, 0.05) is 32.0 Å². The molecule has 0 atom stereocenters. The smallest absolute Gasteiger partial charge is 0.133 e. The lowest BCUT2D eigenvalue weighted by Crippen LogP contribution is -2.20. The fraction of sp³-hybridized carbons (Fsp3) is 0.545. The molecule has 16 heavy (non-hydrogen) atoms. The highest BCUT2D eigenvalue weighted by atomic mass is 35.5. The Bertz CT molecular complexity index is 313. The lowest BCUT2D eigenvalue weighted by Gasteiger charge is -2.18. The first-order chi connectivity index (χ1) is 7.63. The Morgan fingerprint density at radius 1 is 1.38 bits per heavy atom. The van der Waals surface area contributed by atoms with Crippen LogP contribution in [0.4, 0.5) is 11.5 Å². The molecule has 5 heteroatoms. The molecule has 0 aromatic carbocycles. The van der Waals surface area contributed by atoms with Crippen molar-refractivity contribution in [1.82, 2.24) is 4.98 Å². The third kappa shape index (κ3) is 4.24. The van der Waals surface area contributed by atoms with Gasteiger partial charge in [0.05, 0.1) is 0 Å². The minimum Gasteiger partial charge on any atom is -0.399 e. The number of aliphatic hydroxyl groups excluding tert-OH is 1. The summed E-state index contributed by atoms with van der Waals surface area (Å²) >= 11 is 5.83. The maximum Gasteiger partial charge on any atom is 0.133 e. The molecule has 90 valence electrons. The molecule has 0 spiro atoms. The van der Waals surface area contributed by atoms with E-state index in [4.69, 9.17) is 22.4 Å². The number of nitrogen functional groups attached to an aromatic ring is 1. The molecule has 1 aromatic heterocycles. The summed E-state index contributed by atoms with van der Waals surface area (Å²) in [4.78, 5) is 6.21. The van der Waals surface area contributed by atoms with Crippen LogP contribution in [0.5, 0.6) is 0 Å². The number of pyridine rings is 1. The van der Waals surface area contributed by atoms with Crippen molar-refractivity contribution in [2.75, 3.05) is 30.8 Å². The third-order valence-corrected chi connectivity index (χ3v) is 2.54. The van der Waals surface area contributed by atoms with Gasteiger partial charge < -0.3 is 15.7 Å². The van der Waals surface area contributed by atoms with Gasteiger partial charge in [-0.15, -0.1) is 0 Å². The molecule has 0 saturated carbocycles. The van der Waals surface area contributed by atoms with E-state index >= 15 is 0 Å². The fourth-order valence-electron chi connectivity index (χ4n) is 1.45. The summed E-state index contributed by atoms with van der Waals surface area (Å²) in [7, 11) is 1.96. The highest BCUT2D eigenvalue weighted by Gasteiger charge is 2.04. The molecule has 1 rings (SSSR count). The molecule has 0 aliphatic carbocycles. The summed E-state index contributed by atoms with van der Waals surface area (Å²) in [6.07, 6.45) is 2.88. The van der Waals surface area contributed by atoms with Crippen LogP contribution in [0.15, 0.2) is 12.1 Å². The van der Waals surface area contributed by atoms with Gasteiger partial charge in [-0.3, -0.25) is 0 Å². The van der Waals surface area contributed by atoms with E-state index in [1.165, 1.54) is 0 Å². The quantitative estimate of drug-likeness (QED) is 0.592. The van der Waals surface area contributed by atoms with Gasteiger partial charge in [-0.2, -0.15) is 0 Å². The van der Waals surface area contributed by atoms with Crippen molar-refractivity contribution in [1.29, 1.82) is 0 Å². The number of unbranched alkanes of at least 4 members (excludes halogenated alkanes) is 2. The molecular formula is C11H18ClN3O. The molecule has 0 aliphatic heterocycles. The van der Waals surface area contributed by atoms with Crippen molar-refractivity contribution in [2.24, 2.45) is 0 Å². The second-order valence-corrected chi connectivity index (χ2v) is 4.17. The van der Waals surface area contributed by atoms with Crippen molar-refractivity contribution >= 4 is 23.1 Å². The van der Waals surface area contributed by atoms with Crippen LogP contribution in [0.1, 0.15) is 19.3 Å². The largest absolute Gasteiger partial charge is 0.399 e. The zero-order valence-corrected chi connectivity index (χ0v) is 10.2. The van der Waals surface area contributed by atoms with Crippen LogP contribution in [0.2, 0.25) is 5.15 Å². The normalized spacial score (nSPS) is 10.4. The maximum absolute atomic E-state index is 8.66. The SMILES string of the molecule is CN(CCCCCO)c1cc(N)cc(Cl)n1. The predicted molar refractivity (Wildman–Crippen MR) is 67.9 cm³/mol. The number of aliphatic hydroxyl groups is 1. The van der Waals surface area contributed by atoms with Gasteiger partial charge in [-0.1, -0.05) is 11.6 Å². The Balaban J connectivity index is 2.48. The lowest BCUT2D eigenvalue weighted by atomic mass is 10.2. The summed E-state index contributed by atoms with van der Waals surface area (Å²) in [5, 5.41) is 9.08. The minimum atomic E-state index is 0.256. The van der Waals surface area contributed by atoms with E-state index in [-0.39, 0.29) is 6.61 Å². The average molecular weight is 244 g/mol. The Morgan fingerprint density at radius 2 is 2.12 bits per heavy atom. The maximum atomic E-state index is 8.66. The number of nitrogens with two attached hydrogens (primary N) is 1. The number of hydrogen-bond donors (Lipinski definition) is 2. The summed E-state index contributed by atoms with van der Waals surface area (Å²) in [6, 6.07) is 3.43. The zero-order chi connectivity index (χ0) is 12.0. The second kappa shape index (κ2) is 6.55. The van der Waals surface area contributed by atoms with Crippen molar-refractivity contribution in [2.45, 2.75) is 19.3 Å². The monoisotopic (exact) mass is 243 g/mol. The van der Waals surface area contributed by atoms with Crippen LogP contribution in [-0.4, -0.2) is 30.3 Å². The highest BCUT2D eigenvalue weighted by Crippen LogP contribution is 2.18. The van der Waals surface area contributed by atoms with E-state index in [9.17, 15) is 0 Å². The molecule has 0 saturated heterocycles. The standard InChI is InChI=1S/C11H18ClN3O/c1-15(5-3-2-4-6-16)11-8-9(13)7-10(12)14-11/h7-8,16H,2-6H2,1H3,(H2,13,14). The van der Waals surface area contributed by atoms with Gasteiger partial charge in [0.25, 0.3) is 0 Å².